The molecule has 1 aromatic heterocycles. The molecule has 0 aliphatic carbocycles. The molecule has 0 saturated carbocycles. The minimum absolute atomic E-state index is 0.187. The van der Waals surface area contributed by atoms with E-state index in [2.05, 4.69) is 20.1 Å². The number of piperazine rings is 1. The van der Waals surface area contributed by atoms with Crippen LogP contribution in [-0.4, -0.2) is 79.3 Å². The van der Waals surface area contributed by atoms with Crippen LogP contribution in [0.1, 0.15) is 15.9 Å². The van der Waals surface area contributed by atoms with Crippen LogP contribution in [-0.2, 0) is 11.3 Å². The zero-order valence-corrected chi connectivity index (χ0v) is 20.7. The van der Waals surface area contributed by atoms with E-state index in [1.54, 1.807) is 35.4 Å². The summed E-state index contributed by atoms with van der Waals surface area (Å²) in [5, 5.41) is 2.90. The molecule has 192 valence electrons. The Morgan fingerprint density at radius 3 is 2.27 bits per heavy atom. The molecule has 5 rings (SSSR count). The number of amides is 2. The SMILES string of the molecule is O=C(Nc1ccc(OC(=O)N2CCN(c3ccccn3)CC2)cc1)c1ccc(CN2CCOCC2)cc1. The number of anilines is 2. The van der Waals surface area contributed by atoms with Crippen molar-refractivity contribution >= 4 is 23.5 Å². The molecule has 0 bridgehead atoms. The van der Waals surface area contributed by atoms with Crippen molar-refractivity contribution in [3.63, 3.8) is 0 Å². The van der Waals surface area contributed by atoms with Gasteiger partial charge in [-0.2, -0.15) is 0 Å². The molecule has 2 aliphatic heterocycles. The highest BCUT2D eigenvalue weighted by Gasteiger charge is 2.23. The van der Waals surface area contributed by atoms with Crippen molar-refractivity contribution in [1.29, 1.82) is 0 Å². The molecule has 0 radical (unpaired) electrons. The lowest BCUT2D eigenvalue weighted by Gasteiger charge is -2.34. The number of nitrogens with zero attached hydrogens (tertiary/aromatic N) is 4. The molecule has 3 heterocycles. The molecule has 0 spiro atoms. The van der Waals surface area contributed by atoms with Crippen molar-refractivity contribution in [3.05, 3.63) is 84.1 Å². The number of aromatic nitrogens is 1. The fourth-order valence-corrected chi connectivity index (χ4v) is 4.41. The van der Waals surface area contributed by atoms with Crippen LogP contribution in [0.5, 0.6) is 5.75 Å². The second-order valence-electron chi connectivity index (χ2n) is 9.09. The van der Waals surface area contributed by atoms with Crippen LogP contribution in [0.4, 0.5) is 16.3 Å². The Morgan fingerprint density at radius 2 is 1.59 bits per heavy atom. The first-order valence-corrected chi connectivity index (χ1v) is 12.6. The third-order valence-corrected chi connectivity index (χ3v) is 6.55. The summed E-state index contributed by atoms with van der Waals surface area (Å²) in [6, 6.07) is 20.3. The Labute approximate surface area is 216 Å². The van der Waals surface area contributed by atoms with Crippen molar-refractivity contribution < 1.29 is 19.1 Å². The van der Waals surface area contributed by atoms with Crippen LogP contribution in [0.25, 0.3) is 0 Å². The van der Waals surface area contributed by atoms with E-state index < -0.39 is 0 Å². The maximum atomic E-state index is 12.7. The average Bonchev–Trinajstić information content (AvgIpc) is 2.95. The van der Waals surface area contributed by atoms with Crippen LogP contribution in [0.15, 0.2) is 72.9 Å². The summed E-state index contributed by atoms with van der Waals surface area (Å²) >= 11 is 0. The van der Waals surface area contributed by atoms with Gasteiger partial charge in [-0.1, -0.05) is 18.2 Å². The smallest absolute Gasteiger partial charge is 0.410 e. The first-order valence-electron chi connectivity index (χ1n) is 12.6. The number of pyridine rings is 1. The third kappa shape index (κ3) is 6.63. The van der Waals surface area contributed by atoms with E-state index >= 15 is 0 Å². The largest absolute Gasteiger partial charge is 0.415 e. The van der Waals surface area contributed by atoms with Crippen molar-refractivity contribution in [3.8, 4) is 5.75 Å². The Kier molecular flexibility index (Phi) is 7.93. The van der Waals surface area contributed by atoms with E-state index in [4.69, 9.17) is 9.47 Å². The number of benzene rings is 2. The number of hydrogen-bond donors (Lipinski definition) is 1. The number of morpholine rings is 1. The van der Waals surface area contributed by atoms with Crippen LogP contribution in [0.3, 0.4) is 0 Å². The number of ether oxygens (including phenoxy) is 2. The second kappa shape index (κ2) is 11.9. The number of carbonyl (C=O) groups excluding carboxylic acids is 2. The monoisotopic (exact) mass is 501 g/mol. The molecule has 3 aromatic rings. The van der Waals surface area contributed by atoms with E-state index in [1.165, 1.54) is 5.56 Å². The summed E-state index contributed by atoms with van der Waals surface area (Å²) in [4.78, 5) is 35.8. The topological polar surface area (TPSA) is 87.2 Å². The molecule has 2 fully saturated rings. The maximum Gasteiger partial charge on any atom is 0.415 e. The van der Waals surface area contributed by atoms with Gasteiger partial charge in [-0.05, 0) is 54.1 Å². The van der Waals surface area contributed by atoms with Crippen molar-refractivity contribution in [2.24, 2.45) is 0 Å². The molecule has 2 aliphatic rings. The lowest BCUT2D eigenvalue weighted by molar-refractivity contribution is 0.0342. The molecule has 0 atom stereocenters. The molecule has 9 nitrogen and oxygen atoms in total. The Hall–Kier alpha value is -3.95. The highest BCUT2D eigenvalue weighted by Crippen LogP contribution is 2.19. The number of nitrogens with one attached hydrogen (secondary N) is 1. The van der Waals surface area contributed by atoms with E-state index in [9.17, 15) is 9.59 Å². The number of rotatable bonds is 6. The molecular weight excluding hydrogens is 470 g/mol. The summed E-state index contributed by atoms with van der Waals surface area (Å²) in [6.45, 7) is 6.77. The van der Waals surface area contributed by atoms with E-state index in [1.807, 2.05) is 42.5 Å². The molecule has 2 amide bonds. The predicted molar refractivity (Wildman–Crippen MR) is 141 cm³/mol. The van der Waals surface area contributed by atoms with E-state index in [-0.39, 0.29) is 12.0 Å². The van der Waals surface area contributed by atoms with Crippen LogP contribution in [0.2, 0.25) is 0 Å². The lowest BCUT2D eigenvalue weighted by atomic mass is 10.1. The second-order valence-corrected chi connectivity index (χ2v) is 9.09. The van der Waals surface area contributed by atoms with Crippen molar-refractivity contribution in [2.45, 2.75) is 6.54 Å². The molecule has 2 aromatic carbocycles. The summed E-state index contributed by atoms with van der Waals surface area (Å²) in [7, 11) is 0. The maximum absolute atomic E-state index is 12.7. The minimum Gasteiger partial charge on any atom is -0.410 e. The van der Waals surface area contributed by atoms with Gasteiger partial charge in [-0.25, -0.2) is 9.78 Å². The molecular formula is C28H31N5O4. The van der Waals surface area contributed by atoms with Gasteiger partial charge in [0.2, 0.25) is 0 Å². The zero-order valence-electron chi connectivity index (χ0n) is 20.7. The summed E-state index contributed by atoms with van der Waals surface area (Å²) in [6.07, 6.45) is 1.39. The Balaban J connectivity index is 1.08. The van der Waals surface area contributed by atoms with Gasteiger partial charge in [0.05, 0.1) is 13.2 Å². The normalized spacial score (nSPS) is 16.3. The summed E-state index contributed by atoms with van der Waals surface area (Å²) in [5.41, 5.74) is 2.39. The van der Waals surface area contributed by atoms with Gasteiger partial charge < -0.3 is 24.6 Å². The number of carbonyl (C=O) groups is 2. The van der Waals surface area contributed by atoms with Gasteiger partial charge >= 0.3 is 6.09 Å². The quantitative estimate of drug-likeness (QED) is 0.553. The van der Waals surface area contributed by atoms with E-state index in [0.717, 1.165) is 38.7 Å². The lowest BCUT2D eigenvalue weighted by Crippen LogP contribution is -2.49. The fraction of sp³-hybridized carbons (Fsp3) is 0.321. The average molecular weight is 502 g/mol. The third-order valence-electron chi connectivity index (χ3n) is 6.55. The minimum atomic E-state index is -0.380. The molecule has 2 saturated heterocycles. The Bertz CT molecular complexity index is 1170. The Morgan fingerprint density at radius 1 is 0.865 bits per heavy atom. The van der Waals surface area contributed by atoms with Gasteiger partial charge in [-0.3, -0.25) is 9.69 Å². The molecule has 1 N–H and O–H groups in total. The van der Waals surface area contributed by atoms with Gasteiger partial charge in [-0.15, -0.1) is 0 Å². The molecule has 9 heteroatoms. The van der Waals surface area contributed by atoms with Crippen LogP contribution >= 0.6 is 0 Å². The fourth-order valence-electron chi connectivity index (χ4n) is 4.41. The summed E-state index contributed by atoms with van der Waals surface area (Å²) < 4.78 is 10.9. The van der Waals surface area contributed by atoms with Gasteiger partial charge in [0.1, 0.15) is 11.6 Å². The van der Waals surface area contributed by atoms with E-state index in [0.29, 0.717) is 43.2 Å². The van der Waals surface area contributed by atoms with Gasteiger partial charge in [0.15, 0.2) is 0 Å². The highest BCUT2D eigenvalue weighted by atomic mass is 16.6. The van der Waals surface area contributed by atoms with Crippen LogP contribution in [0, 0.1) is 0 Å². The van der Waals surface area contributed by atoms with Gasteiger partial charge in [0, 0.05) is 63.3 Å². The number of hydrogen-bond acceptors (Lipinski definition) is 7. The summed E-state index contributed by atoms with van der Waals surface area (Å²) in [5.74, 6) is 1.16. The van der Waals surface area contributed by atoms with Crippen molar-refractivity contribution in [1.82, 2.24) is 14.8 Å². The standard InChI is InChI=1S/C28H31N5O4/c34-27(23-6-4-22(5-7-23)21-31-17-19-36-20-18-31)30-24-8-10-25(11-9-24)37-28(35)33-15-13-32(14-16-33)26-3-1-2-12-29-26/h1-12H,13-21H2,(H,30,34). The molecule has 0 unspecified atom stereocenters. The predicted octanol–water partition coefficient (Wildman–Crippen LogP) is 3.49. The first-order chi connectivity index (χ1) is 18.1. The van der Waals surface area contributed by atoms with Crippen molar-refractivity contribution in [2.75, 3.05) is 62.7 Å². The zero-order chi connectivity index (χ0) is 25.5. The van der Waals surface area contributed by atoms with Gasteiger partial charge in [0.25, 0.3) is 5.91 Å². The highest BCUT2D eigenvalue weighted by molar-refractivity contribution is 6.04. The first kappa shape index (κ1) is 24.7. The van der Waals surface area contributed by atoms with Crippen LogP contribution < -0.4 is 15.0 Å². The molecule has 37 heavy (non-hydrogen) atoms.